The van der Waals surface area contributed by atoms with Gasteiger partial charge in [0.15, 0.2) is 5.82 Å². The van der Waals surface area contributed by atoms with Crippen molar-refractivity contribution in [1.82, 2.24) is 9.55 Å². The number of rotatable bonds is 6. The third-order valence-corrected chi connectivity index (χ3v) is 3.88. The molecule has 1 rings (SSSR count). The molecule has 1 aromatic rings. The predicted octanol–water partition coefficient (Wildman–Crippen LogP) is 2.15. The molecule has 0 spiro atoms. The van der Waals surface area contributed by atoms with Crippen LogP contribution in [0.4, 0.5) is 5.82 Å². The molecule has 0 saturated heterocycles. The highest BCUT2D eigenvalue weighted by atomic mass is 28.3. The maximum absolute atomic E-state index is 10.8. The first-order valence-electron chi connectivity index (χ1n) is 5.74. The van der Waals surface area contributed by atoms with E-state index < -0.39 is 8.07 Å². The second-order valence-electron chi connectivity index (χ2n) is 5.30. The highest BCUT2D eigenvalue weighted by Crippen LogP contribution is 2.08. The van der Waals surface area contributed by atoms with E-state index in [1.165, 1.54) is 6.92 Å². The van der Waals surface area contributed by atoms with Crippen LogP contribution < -0.4 is 5.32 Å². The third-order valence-electron chi connectivity index (χ3n) is 2.17. The van der Waals surface area contributed by atoms with Gasteiger partial charge in [0.25, 0.3) is 0 Å². The second-order valence-corrected chi connectivity index (χ2v) is 10.9. The Morgan fingerprint density at radius 3 is 2.82 bits per heavy atom. The van der Waals surface area contributed by atoms with Crippen molar-refractivity contribution in [3.05, 3.63) is 12.5 Å². The molecule has 0 radical (unpaired) electrons. The number of nitrogens with zero attached hydrogens (tertiary/aromatic N) is 2. The van der Waals surface area contributed by atoms with E-state index in [9.17, 15) is 4.79 Å². The molecule has 1 aromatic heterocycles. The van der Waals surface area contributed by atoms with Crippen molar-refractivity contribution in [3.8, 4) is 0 Å². The third kappa shape index (κ3) is 6.23. The highest BCUT2D eigenvalue weighted by Gasteiger charge is 2.11. The van der Waals surface area contributed by atoms with Crippen molar-refractivity contribution < 1.29 is 9.53 Å². The number of imidazole rings is 1. The summed E-state index contributed by atoms with van der Waals surface area (Å²) in [6, 6.07) is 1.15. The van der Waals surface area contributed by atoms with Gasteiger partial charge in [0.2, 0.25) is 5.91 Å². The molecule has 5 nitrogen and oxygen atoms in total. The fourth-order valence-corrected chi connectivity index (χ4v) is 1.98. The van der Waals surface area contributed by atoms with Gasteiger partial charge in [0, 0.05) is 21.6 Å². The summed E-state index contributed by atoms with van der Waals surface area (Å²) in [7, 11) is -1.02. The van der Waals surface area contributed by atoms with Gasteiger partial charge in [-0.2, -0.15) is 0 Å². The van der Waals surface area contributed by atoms with Gasteiger partial charge in [0.1, 0.15) is 6.73 Å². The summed E-state index contributed by atoms with van der Waals surface area (Å²) in [5.74, 6) is 0.446. The number of anilines is 1. The molecule has 1 amide bonds. The monoisotopic (exact) mass is 255 g/mol. The summed E-state index contributed by atoms with van der Waals surface area (Å²) < 4.78 is 7.37. The SMILES string of the molecule is CC(=O)Nc1cn(COCC[Si](C)(C)C)cn1. The summed E-state index contributed by atoms with van der Waals surface area (Å²) in [5.41, 5.74) is 0. The van der Waals surface area contributed by atoms with Crippen molar-refractivity contribution in [3.63, 3.8) is 0 Å². The van der Waals surface area contributed by atoms with E-state index in [1.54, 1.807) is 12.5 Å². The van der Waals surface area contributed by atoms with Gasteiger partial charge in [-0.1, -0.05) is 19.6 Å². The highest BCUT2D eigenvalue weighted by molar-refractivity contribution is 6.76. The largest absolute Gasteiger partial charge is 0.361 e. The Hall–Kier alpha value is -1.14. The number of amides is 1. The Labute approximate surface area is 103 Å². The van der Waals surface area contributed by atoms with Crippen LogP contribution in [0.5, 0.6) is 0 Å². The maximum atomic E-state index is 10.8. The van der Waals surface area contributed by atoms with Crippen LogP contribution >= 0.6 is 0 Å². The summed E-state index contributed by atoms with van der Waals surface area (Å²) >= 11 is 0. The minimum atomic E-state index is -1.02. The summed E-state index contributed by atoms with van der Waals surface area (Å²) in [6.07, 6.45) is 3.41. The van der Waals surface area contributed by atoms with Crippen LogP contribution in [0.2, 0.25) is 25.7 Å². The van der Waals surface area contributed by atoms with Gasteiger partial charge in [0.05, 0.1) is 12.5 Å². The number of ether oxygens (including phenoxy) is 1. The molecule has 0 fully saturated rings. The van der Waals surface area contributed by atoms with Gasteiger partial charge in [-0.05, 0) is 6.04 Å². The number of hydrogen-bond donors (Lipinski definition) is 1. The van der Waals surface area contributed by atoms with E-state index in [-0.39, 0.29) is 5.91 Å². The molecular formula is C11H21N3O2Si. The van der Waals surface area contributed by atoms with Crippen LogP contribution in [-0.4, -0.2) is 30.1 Å². The van der Waals surface area contributed by atoms with Crippen LogP contribution in [0, 0.1) is 0 Å². The van der Waals surface area contributed by atoms with Crippen molar-refractivity contribution >= 4 is 19.8 Å². The Morgan fingerprint density at radius 2 is 2.24 bits per heavy atom. The molecule has 1 N–H and O–H groups in total. The molecule has 0 unspecified atom stereocenters. The van der Waals surface area contributed by atoms with Crippen LogP contribution in [-0.2, 0) is 16.3 Å². The zero-order valence-electron chi connectivity index (χ0n) is 11.0. The Balaban J connectivity index is 2.28. The lowest BCUT2D eigenvalue weighted by Crippen LogP contribution is -2.21. The lowest BCUT2D eigenvalue weighted by molar-refractivity contribution is -0.114. The molecular weight excluding hydrogens is 234 g/mol. The molecule has 0 saturated carbocycles. The number of carbonyl (C=O) groups is 1. The smallest absolute Gasteiger partial charge is 0.222 e. The van der Waals surface area contributed by atoms with E-state index in [4.69, 9.17) is 4.74 Å². The molecule has 1 heterocycles. The summed E-state index contributed by atoms with van der Waals surface area (Å²) in [6.45, 7) is 9.69. The molecule has 0 aliphatic carbocycles. The van der Waals surface area contributed by atoms with E-state index >= 15 is 0 Å². The van der Waals surface area contributed by atoms with Crippen molar-refractivity contribution in [2.24, 2.45) is 0 Å². The Kier molecular flexibility index (Phi) is 4.89. The molecule has 0 aromatic carbocycles. The number of hydrogen-bond acceptors (Lipinski definition) is 3. The van der Waals surface area contributed by atoms with Gasteiger partial charge < -0.3 is 14.6 Å². The lowest BCUT2D eigenvalue weighted by atomic mass is 10.6. The maximum Gasteiger partial charge on any atom is 0.222 e. The normalized spacial score (nSPS) is 11.5. The van der Waals surface area contributed by atoms with Gasteiger partial charge in [-0.15, -0.1) is 0 Å². The molecule has 0 atom stereocenters. The molecule has 6 heteroatoms. The van der Waals surface area contributed by atoms with E-state index in [0.717, 1.165) is 12.7 Å². The fraction of sp³-hybridized carbons (Fsp3) is 0.636. The number of nitrogens with one attached hydrogen (secondary N) is 1. The van der Waals surface area contributed by atoms with E-state index in [2.05, 4.69) is 29.9 Å². The Morgan fingerprint density at radius 1 is 1.53 bits per heavy atom. The van der Waals surface area contributed by atoms with Crippen LogP contribution in [0.1, 0.15) is 6.92 Å². The van der Waals surface area contributed by atoms with Crippen molar-refractivity contribution in [2.75, 3.05) is 11.9 Å². The Bertz CT molecular complexity index is 371. The zero-order chi connectivity index (χ0) is 12.9. The second kappa shape index (κ2) is 5.97. The standard InChI is InChI=1S/C11H21N3O2Si/c1-10(15)13-11-7-14(8-12-11)9-16-5-6-17(2,3)4/h7-8H,5-6,9H2,1-4H3,(H,13,15). The predicted molar refractivity (Wildman–Crippen MR) is 70.6 cm³/mol. The molecule has 17 heavy (non-hydrogen) atoms. The summed E-state index contributed by atoms with van der Waals surface area (Å²) in [4.78, 5) is 14.8. The van der Waals surface area contributed by atoms with Gasteiger partial charge in [-0.3, -0.25) is 4.79 Å². The van der Waals surface area contributed by atoms with Crippen molar-refractivity contribution in [2.45, 2.75) is 39.3 Å². The minimum Gasteiger partial charge on any atom is -0.361 e. The van der Waals surface area contributed by atoms with Gasteiger partial charge >= 0.3 is 0 Å². The number of aromatic nitrogens is 2. The molecule has 0 bridgehead atoms. The van der Waals surface area contributed by atoms with Crippen LogP contribution in [0.15, 0.2) is 12.5 Å². The first-order chi connectivity index (χ1) is 7.87. The first kappa shape index (κ1) is 13.9. The molecule has 96 valence electrons. The van der Waals surface area contributed by atoms with E-state index in [0.29, 0.717) is 12.5 Å². The zero-order valence-corrected chi connectivity index (χ0v) is 12.0. The van der Waals surface area contributed by atoms with Crippen molar-refractivity contribution in [1.29, 1.82) is 0 Å². The average molecular weight is 255 g/mol. The van der Waals surface area contributed by atoms with E-state index in [1.807, 2.05) is 4.57 Å². The quantitative estimate of drug-likeness (QED) is 0.626. The topological polar surface area (TPSA) is 56.2 Å². The molecule has 0 aliphatic heterocycles. The van der Waals surface area contributed by atoms with Crippen LogP contribution in [0.3, 0.4) is 0 Å². The minimum absolute atomic E-state index is 0.116. The fourth-order valence-electron chi connectivity index (χ4n) is 1.22. The number of carbonyl (C=O) groups excluding carboxylic acids is 1. The average Bonchev–Trinajstić information content (AvgIpc) is 2.58. The van der Waals surface area contributed by atoms with Crippen LogP contribution in [0.25, 0.3) is 0 Å². The lowest BCUT2D eigenvalue weighted by Gasteiger charge is -2.15. The van der Waals surface area contributed by atoms with Gasteiger partial charge in [-0.25, -0.2) is 4.98 Å². The molecule has 0 aliphatic rings. The summed E-state index contributed by atoms with van der Waals surface area (Å²) in [5, 5.41) is 2.62. The first-order valence-corrected chi connectivity index (χ1v) is 9.45.